The number of nitrogens with zero attached hydrogens (tertiary/aromatic N) is 1. The second-order valence-corrected chi connectivity index (χ2v) is 2.28. The molecule has 0 saturated carbocycles. The summed E-state index contributed by atoms with van der Waals surface area (Å²) >= 11 is 0. The third-order valence-corrected chi connectivity index (χ3v) is 1.50. The molecule has 11 heavy (non-hydrogen) atoms. The van der Waals surface area contributed by atoms with Crippen LogP contribution in [0, 0.1) is 0 Å². The van der Waals surface area contributed by atoms with Gasteiger partial charge < -0.3 is 4.90 Å². The van der Waals surface area contributed by atoms with E-state index in [9.17, 15) is 14.0 Å². The maximum atomic E-state index is 11.7. The van der Waals surface area contributed by atoms with Crippen LogP contribution >= 0.6 is 0 Å². The lowest BCUT2D eigenvalue weighted by molar-refractivity contribution is -0.121. The van der Waals surface area contributed by atoms with Crippen molar-refractivity contribution < 1.29 is 14.0 Å². The minimum atomic E-state index is -0.568. The van der Waals surface area contributed by atoms with Crippen LogP contribution in [0.5, 0.6) is 0 Å². The van der Waals surface area contributed by atoms with Gasteiger partial charge in [0.15, 0.2) is 0 Å². The summed E-state index contributed by atoms with van der Waals surface area (Å²) < 4.78 is 11.7. The molecule has 0 aromatic carbocycles. The molecule has 0 radical (unpaired) electrons. The highest BCUT2D eigenvalue weighted by atomic mass is 19.1. The second-order valence-electron chi connectivity index (χ2n) is 2.28. The van der Waals surface area contributed by atoms with Gasteiger partial charge in [-0.25, -0.2) is 9.18 Å². The van der Waals surface area contributed by atoms with E-state index in [0.717, 1.165) is 0 Å². The van der Waals surface area contributed by atoms with Crippen molar-refractivity contribution in [1.29, 1.82) is 0 Å². The molecule has 1 fully saturated rings. The Morgan fingerprint density at radius 2 is 2.27 bits per heavy atom. The van der Waals surface area contributed by atoms with E-state index in [-0.39, 0.29) is 18.9 Å². The van der Waals surface area contributed by atoms with E-state index in [1.54, 1.807) is 0 Å². The van der Waals surface area contributed by atoms with Gasteiger partial charge in [-0.1, -0.05) is 0 Å². The van der Waals surface area contributed by atoms with Crippen molar-refractivity contribution in [3.05, 3.63) is 0 Å². The van der Waals surface area contributed by atoms with E-state index < -0.39 is 12.7 Å². The molecule has 0 unspecified atom stereocenters. The number of alkyl halides is 1. The molecule has 0 spiro atoms. The fourth-order valence-electron chi connectivity index (χ4n) is 0.914. The third kappa shape index (κ3) is 1.89. The van der Waals surface area contributed by atoms with Crippen LogP contribution in [0.25, 0.3) is 0 Å². The van der Waals surface area contributed by atoms with Gasteiger partial charge >= 0.3 is 6.03 Å². The number of amides is 3. The number of hydrogen-bond donors (Lipinski definition) is 1. The first-order valence-corrected chi connectivity index (χ1v) is 3.39. The molecule has 4 nitrogen and oxygen atoms in total. The highest BCUT2D eigenvalue weighted by Gasteiger charge is 2.21. The number of nitrogens with one attached hydrogen (secondary N) is 1. The largest absolute Gasteiger partial charge is 0.324 e. The first kappa shape index (κ1) is 7.97. The SMILES string of the molecule is O=C1CCN(CCF)C(=O)N1. The minimum Gasteiger partial charge on any atom is -0.321 e. The molecule has 0 aliphatic carbocycles. The molecule has 0 bridgehead atoms. The van der Waals surface area contributed by atoms with Gasteiger partial charge in [0.2, 0.25) is 5.91 Å². The van der Waals surface area contributed by atoms with E-state index in [1.165, 1.54) is 4.90 Å². The summed E-state index contributed by atoms with van der Waals surface area (Å²) in [5.74, 6) is -0.287. The summed E-state index contributed by atoms with van der Waals surface area (Å²) in [6.45, 7) is -0.171. The number of halogens is 1. The van der Waals surface area contributed by atoms with Crippen molar-refractivity contribution >= 4 is 11.9 Å². The van der Waals surface area contributed by atoms with Gasteiger partial charge in [-0.3, -0.25) is 10.1 Å². The van der Waals surface area contributed by atoms with E-state index in [0.29, 0.717) is 6.54 Å². The Morgan fingerprint density at radius 1 is 1.55 bits per heavy atom. The summed E-state index contributed by atoms with van der Waals surface area (Å²) in [5.41, 5.74) is 0. The molecule has 62 valence electrons. The number of urea groups is 1. The summed E-state index contributed by atoms with van der Waals surface area (Å²) in [6, 6.07) is -0.487. The zero-order chi connectivity index (χ0) is 8.27. The number of rotatable bonds is 2. The van der Waals surface area contributed by atoms with Gasteiger partial charge in [0.1, 0.15) is 6.67 Å². The van der Waals surface area contributed by atoms with Gasteiger partial charge in [-0.2, -0.15) is 0 Å². The maximum absolute atomic E-state index is 11.7. The zero-order valence-electron chi connectivity index (χ0n) is 5.97. The predicted molar refractivity (Wildman–Crippen MR) is 35.7 cm³/mol. The molecule has 0 aromatic rings. The van der Waals surface area contributed by atoms with Crippen LogP contribution in [0.1, 0.15) is 6.42 Å². The molecule has 1 rings (SSSR count). The van der Waals surface area contributed by atoms with Gasteiger partial charge in [0.05, 0.1) is 6.54 Å². The summed E-state index contributed by atoms with van der Waals surface area (Å²) in [7, 11) is 0. The van der Waals surface area contributed by atoms with Crippen LogP contribution in [0.4, 0.5) is 9.18 Å². The molecular weight excluding hydrogens is 151 g/mol. The monoisotopic (exact) mass is 160 g/mol. The van der Waals surface area contributed by atoms with Gasteiger partial charge in [0, 0.05) is 13.0 Å². The molecule has 1 heterocycles. The average molecular weight is 160 g/mol. The lowest BCUT2D eigenvalue weighted by Crippen LogP contribution is -2.49. The van der Waals surface area contributed by atoms with E-state index >= 15 is 0 Å². The summed E-state index contributed by atoms with van der Waals surface area (Å²) in [4.78, 5) is 22.7. The van der Waals surface area contributed by atoms with Crippen LogP contribution in [0.3, 0.4) is 0 Å². The van der Waals surface area contributed by atoms with Crippen molar-refractivity contribution in [3.8, 4) is 0 Å². The first-order valence-electron chi connectivity index (χ1n) is 3.39. The fourth-order valence-corrected chi connectivity index (χ4v) is 0.914. The van der Waals surface area contributed by atoms with E-state index in [4.69, 9.17) is 0 Å². The minimum absolute atomic E-state index is 0.0686. The maximum Gasteiger partial charge on any atom is 0.324 e. The molecular formula is C6H9FN2O2. The average Bonchev–Trinajstić information content (AvgIpc) is 1.95. The molecule has 1 aliphatic heterocycles. The van der Waals surface area contributed by atoms with E-state index in [2.05, 4.69) is 5.32 Å². The smallest absolute Gasteiger partial charge is 0.321 e. The quantitative estimate of drug-likeness (QED) is 0.613. The van der Waals surface area contributed by atoms with Crippen molar-refractivity contribution in [2.45, 2.75) is 6.42 Å². The van der Waals surface area contributed by atoms with Crippen LogP contribution in [0.15, 0.2) is 0 Å². The molecule has 1 saturated heterocycles. The van der Waals surface area contributed by atoms with Crippen molar-refractivity contribution in [1.82, 2.24) is 10.2 Å². The van der Waals surface area contributed by atoms with E-state index in [1.807, 2.05) is 0 Å². The van der Waals surface area contributed by atoms with Crippen LogP contribution < -0.4 is 5.32 Å². The van der Waals surface area contributed by atoms with Crippen molar-refractivity contribution in [2.75, 3.05) is 19.8 Å². The lowest BCUT2D eigenvalue weighted by Gasteiger charge is -2.24. The van der Waals surface area contributed by atoms with Crippen molar-refractivity contribution in [2.24, 2.45) is 0 Å². The van der Waals surface area contributed by atoms with Crippen LogP contribution in [0.2, 0.25) is 0 Å². The van der Waals surface area contributed by atoms with Crippen LogP contribution in [-0.2, 0) is 4.79 Å². The molecule has 0 atom stereocenters. The fraction of sp³-hybridized carbons (Fsp3) is 0.667. The van der Waals surface area contributed by atoms with Crippen molar-refractivity contribution in [3.63, 3.8) is 0 Å². The topological polar surface area (TPSA) is 49.4 Å². The van der Waals surface area contributed by atoms with Gasteiger partial charge in [-0.05, 0) is 0 Å². The number of imide groups is 1. The normalized spacial score (nSPS) is 18.5. The predicted octanol–water partition coefficient (Wildman–Crippen LogP) is -0.102. The highest BCUT2D eigenvalue weighted by molar-refractivity contribution is 5.96. The Kier molecular flexibility index (Phi) is 2.40. The number of carbonyl (C=O) groups is 2. The van der Waals surface area contributed by atoms with Gasteiger partial charge in [0.25, 0.3) is 0 Å². The summed E-state index contributed by atoms with van der Waals surface area (Å²) in [5, 5.41) is 2.10. The van der Waals surface area contributed by atoms with Gasteiger partial charge in [-0.15, -0.1) is 0 Å². The molecule has 1 N–H and O–H groups in total. The standard InChI is InChI=1S/C6H9FN2O2/c7-2-4-9-3-1-5(10)8-6(9)11/h1-4H2,(H,8,10,11). The molecule has 0 aromatic heterocycles. The molecule has 3 amide bonds. The Bertz CT molecular complexity index is 183. The zero-order valence-corrected chi connectivity index (χ0v) is 5.97. The Balaban J connectivity index is 2.44. The lowest BCUT2D eigenvalue weighted by atomic mass is 10.3. The molecule has 1 aliphatic rings. The Morgan fingerprint density at radius 3 is 2.82 bits per heavy atom. The third-order valence-electron chi connectivity index (χ3n) is 1.50. The highest BCUT2D eigenvalue weighted by Crippen LogP contribution is 1.99. The number of carbonyl (C=O) groups excluding carboxylic acids is 2. The van der Waals surface area contributed by atoms with Crippen LogP contribution in [-0.4, -0.2) is 36.6 Å². The first-order chi connectivity index (χ1) is 5.24. The number of hydrogen-bond acceptors (Lipinski definition) is 2. The Hall–Kier alpha value is -1.13. The Labute approximate surface area is 63.4 Å². The summed E-state index contributed by atoms with van der Waals surface area (Å²) in [6.07, 6.45) is 0.270. The second kappa shape index (κ2) is 3.32. The molecule has 5 heteroatoms.